The molecule has 0 amide bonds. The summed E-state index contributed by atoms with van der Waals surface area (Å²) in [7, 11) is -4.53. The van der Waals surface area contributed by atoms with Gasteiger partial charge in [-0.05, 0) is 29.8 Å². The molecular formula is C16H15F4NO3S. The van der Waals surface area contributed by atoms with Crippen molar-refractivity contribution in [1.82, 2.24) is 4.31 Å². The fourth-order valence-corrected chi connectivity index (χ4v) is 3.89. The maximum absolute atomic E-state index is 13.1. The van der Waals surface area contributed by atoms with Crippen molar-refractivity contribution in [3.8, 4) is 0 Å². The Morgan fingerprint density at radius 3 is 2.16 bits per heavy atom. The van der Waals surface area contributed by atoms with Crippen LogP contribution in [0.5, 0.6) is 0 Å². The van der Waals surface area contributed by atoms with Crippen molar-refractivity contribution in [3.05, 3.63) is 65.5 Å². The largest absolute Gasteiger partial charge is 0.417 e. The fourth-order valence-electron chi connectivity index (χ4n) is 2.25. The SMILES string of the molecule is O=S(=O)(c1ccccc1C(F)(F)F)N(CCO)Cc1ccc(F)cc1. The molecule has 1 N–H and O–H groups in total. The Labute approximate surface area is 142 Å². The molecule has 136 valence electrons. The monoisotopic (exact) mass is 377 g/mol. The molecule has 0 saturated heterocycles. The highest BCUT2D eigenvalue weighted by Gasteiger charge is 2.38. The number of aliphatic hydroxyl groups excluding tert-OH is 1. The van der Waals surface area contributed by atoms with Gasteiger partial charge in [0.15, 0.2) is 0 Å². The maximum atomic E-state index is 13.1. The fraction of sp³-hybridized carbons (Fsp3) is 0.250. The topological polar surface area (TPSA) is 57.6 Å². The van der Waals surface area contributed by atoms with Gasteiger partial charge in [-0.25, -0.2) is 12.8 Å². The van der Waals surface area contributed by atoms with Crippen LogP contribution in [-0.2, 0) is 22.7 Å². The van der Waals surface area contributed by atoms with Gasteiger partial charge in [-0.15, -0.1) is 0 Å². The van der Waals surface area contributed by atoms with E-state index in [-0.39, 0.29) is 6.54 Å². The van der Waals surface area contributed by atoms with Crippen LogP contribution in [0.25, 0.3) is 0 Å². The van der Waals surface area contributed by atoms with Gasteiger partial charge in [0.2, 0.25) is 10.0 Å². The molecule has 0 aliphatic carbocycles. The van der Waals surface area contributed by atoms with E-state index in [2.05, 4.69) is 0 Å². The Kier molecular flexibility index (Phi) is 5.81. The third-order valence-corrected chi connectivity index (χ3v) is 5.34. The van der Waals surface area contributed by atoms with Gasteiger partial charge >= 0.3 is 6.18 Å². The van der Waals surface area contributed by atoms with E-state index in [1.54, 1.807) is 0 Å². The lowest BCUT2D eigenvalue weighted by Gasteiger charge is -2.23. The molecule has 0 spiro atoms. The van der Waals surface area contributed by atoms with Crippen LogP contribution < -0.4 is 0 Å². The van der Waals surface area contributed by atoms with Crippen LogP contribution in [0.15, 0.2) is 53.4 Å². The average molecular weight is 377 g/mol. The van der Waals surface area contributed by atoms with Crippen LogP contribution in [0, 0.1) is 5.82 Å². The Bertz CT molecular complexity index is 820. The predicted molar refractivity (Wildman–Crippen MR) is 82.5 cm³/mol. The van der Waals surface area contributed by atoms with E-state index < -0.39 is 45.6 Å². The summed E-state index contributed by atoms with van der Waals surface area (Å²) in [5.74, 6) is -0.525. The number of aliphatic hydroxyl groups is 1. The first-order valence-corrected chi connectivity index (χ1v) is 8.62. The van der Waals surface area contributed by atoms with E-state index in [0.717, 1.165) is 28.6 Å². The van der Waals surface area contributed by atoms with Crippen LogP contribution >= 0.6 is 0 Å². The molecule has 0 saturated carbocycles. The molecule has 2 aromatic rings. The minimum Gasteiger partial charge on any atom is -0.395 e. The molecule has 2 rings (SSSR count). The number of hydrogen-bond donors (Lipinski definition) is 1. The first-order valence-electron chi connectivity index (χ1n) is 7.18. The lowest BCUT2D eigenvalue weighted by atomic mass is 10.2. The molecule has 0 unspecified atom stereocenters. The molecule has 4 nitrogen and oxygen atoms in total. The van der Waals surface area contributed by atoms with Crippen LogP contribution in [0.1, 0.15) is 11.1 Å². The van der Waals surface area contributed by atoms with Gasteiger partial charge in [0, 0.05) is 13.1 Å². The average Bonchev–Trinajstić information content (AvgIpc) is 2.55. The third kappa shape index (κ3) is 4.56. The van der Waals surface area contributed by atoms with E-state index >= 15 is 0 Å². The maximum Gasteiger partial charge on any atom is 0.417 e. The highest BCUT2D eigenvalue weighted by Crippen LogP contribution is 2.35. The van der Waals surface area contributed by atoms with Crippen molar-refractivity contribution in [3.63, 3.8) is 0 Å². The Morgan fingerprint density at radius 1 is 1.00 bits per heavy atom. The lowest BCUT2D eigenvalue weighted by Crippen LogP contribution is -2.34. The van der Waals surface area contributed by atoms with Crippen LogP contribution in [0.2, 0.25) is 0 Å². The number of halogens is 4. The molecule has 0 fully saturated rings. The molecule has 0 aliphatic heterocycles. The van der Waals surface area contributed by atoms with E-state index in [1.807, 2.05) is 0 Å². The lowest BCUT2D eigenvalue weighted by molar-refractivity contribution is -0.139. The summed E-state index contributed by atoms with van der Waals surface area (Å²) in [6.45, 7) is -1.27. The van der Waals surface area contributed by atoms with Crippen LogP contribution in [0.3, 0.4) is 0 Å². The van der Waals surface area contributed by atoms with Gasteiger partial charge < -0.3 is 5.11 Å². The first kappa shape index (κ1) is 19.4. The quantitative estimate of drug-likeness (QED) is 0.788. The Hall–Kier alpha value is -1.97. The number of rotatable bonds is 6. The van der Waals surface area contributed by atoms with Crippen molar-refractivity contribution < 1.29 is 31.1 Å². The van der Waals surface area contributed by atoms with Crippen molar-refractivity contribution in [2.24, 2.45) is 0 Å². The molecule has 0 bridgehead atoms. The second-order valence-corrected chi connectivity index (χ2v) is 7.09. The summed E-state index contributed by atoms with van der Waals surface area (Å²) >= 11 is 0. The van der Waals surface area contributed by atoms with Crippen LogP contribution in [-0.4, -0.2) is 31.0 Å². The summed E-state index contributed by atoms with van der Waals surface area (Å²) in [4.78, 5) is -0.891. The van der Waals surface area contributed by atoms with Gasteiger partial charge in [0.1, 0.15) is 5.82 Å². The van der Waals surface area contributed by atoms with Crippen molar-refractivity contribution in [1.29, 1.82) is 0 Å². The summed E-state index contributed by atoms with van der Waals surface area (Å²) in [5.41, 5.74) is -0.903. The molecule has 2 aromatic carbocycles. The van der Waals surface area contributed by atoms with Gasteiger partial charge in [0.25, 0.3) is 0 Å². The van der Waals surface area contributed by atoms with E-state index in [4.69, 9.17) is 5.11 Å². The number of benzene rings is 2. The summed E-state index contributed by atoms with van der Waals surface area (Å²) in [5, 5.41) is 9.11. The molecule has 0 atom stereocenters. The summed E-state index contributed by atoms with van der Waals surface area (Å²) in [6.07, 6.45) is -4.84. The van der Waals surface area contributed by atoms with Crippen molar-refractivity contribution >= 4 is 10.0 Å². The molecule has 0 aromatic heterocycles. The first-order chi connectivity index (χ1) is 11.7. The summed E-state index contributed by atoms with van der Waals surface area (Å²) < 4.78 is 78.5. The standard InChI is InChI=1S/C16H15F4NO3S/c17-13-7-5-12(6-8-13)11-21(9-10-22)25(23,24)15-4-2-1-3-14(15)16(18,19)20/h1-8,22H,9-11H2. The number of hydrogen-bond acceptors (Lipinski definition) is 3. The zero-order valence-corrected chi connectivity index (χ0v) is 13.7. The number of sulfonamides is 1. The van der Waals surface area contributed by atoms with E-state index in [9.17, 15) is 26.0 Å². The predicted octanol–water partition coefficient (Wildman–Crippen LogP) is 3.03. The van der Waals surface area contributed by atoms with Crippen molar-refractivity contribution in [2.45, 2.75) is 17.6 Å². The smallest absolute Gasteiger partial charge is 0.395 e. The number of nitrogens with zero attached hydrogens (tertiary/aromatic N) is 1. The molecule has 25 heavy (non-hydrogen) atoms. The minimum absolute atomic E-state index is 0.296. The zero-order valence-electron chi connectivity index (χ0n) is 12.9. The van der Waals surface area contributed by atoms with E-state index in [1.165, 1.54) is 18.2 Å². The Balaban J connectivity index is 2.45. The minimum atomic E-state index is -4.84. The number of alkyl halides is 3. The second-order valence-electron chi connectivity index (χ2n) is 5.18. The molecular weight excluding hydrogens is 362 g/mol. The highest BCUT2D eigenvalue weighted by atomic mass is 32.2. The highest BCUT2D eigenvalue weighted by molar-refractivity contribution is 7.89. The molecule has 0 heterocycles. The van der Waals surface area contributed by atoms with E-state index in [0.29, 0.717) is 11.6 Å². The second kappa shape index (κ2) is 7.51. The summed E-state index contributed by atoms with van der Waals surface area (Å²) in [6, 6.07) is 8.71. The van der Waals surface area contributed by atoms with Crippen LogP contribution in [0.4, 0.5) is 17.6 Å². The Morgan fingerprint density at radius 2 is 1.60 bits per heavy atom. The molecule has 9 heteroatoms. The molecule has 0 radical (unpaired) electrons. The van der Waals surface area contributed by atoms with Gasteiger partial charge in [-0.1, -0.05) is 24.3 Å². The normalized spacial score (nSPS) is 12.6. The van der Waals surface area contributed by atoms with Gasteiger partial charge in [-0.2, -0.15) is 17.5 Å². The molecule has 0 aliphatic rings. The van der Waals surface area contributed by atoms with Crippen molar-refractivity contribution in [2.75, 3.05) is 13.2 Å². The van der Waals surface area contributed by atoms with Gasteiger partial charge in [0.05, 0.1) is 17.1 Å². The third-order valence-electron chi connectivity index (χ3n) is 3.43. The zero-order chi connectivity index (χ0) is 18.7. The van der Waals surface area contributed by atoms with Gasteiger partial charge in [-0.3, -0.25) is 0 Å².